The molecule has 6 heterocycles. The number of piperazine rings is 1. The standard InChI is InChI=1S/C33H35FN8O4S/c1-33(2,3)46-32(45)40-12-10-39(11-13-40)26-7-6-20(17-36-26)21-15-22-23(24(34)16-21)18-42(30(22)44)28(29(43)38-31-35-8-14-47-31)27-25-5-4-9-41(25)19-37-27/h6-8,14-17,19,28H,4-5,9-13,18H2,1-3H3,(H,35,38,43)/t28-/m1/s1. The molecule has 4 aromatic rings. The van der Waals surface area contributed by atoms with Crippen LogP contribution in [0, 0.1) is 5.82 Å². The molecule has 0 spiro atoms. The lowest BCUT2D eigenvalue weighted by Crippen LogP contribution is -2.50. The van der Waals surface area contributed by atoms with Crippen molar-refractivity contribution in [1.82, 2.24) is 29.3 Å². The fraction of sp³-hybridized carbons (Fsp3) is 0.394. The monoisotopic (exact) mass is 658 g/mol. The number of hydrogen-bond donors (Lipinski definition) is 1. The molecule has 1 N–H and O–H groups in total. The molecule has 244 valence electrons. The van der Waals surface area contributed by atoms with Crippen molar-refractivity contribution in [1.29, 1.82) is 0 Å². The van der Waals surface area contributed by atoms with Gasteiger partial charge in [-0.15, -0.1) is 11.3 Å². The summed E-state index contributed by atoms with van der Waals surface area (Å²) in [5, 5.41) is 4.98. The van der Waals surface area contributed by atoms with Crippen molar-refractivity contribution < 1.29 is 23.5 Å². The van der Waals surface area contributed by atoms with Crippen molar-refractivity contribution in [2.24, 2.45) is 0 Å². The summed E-state index contributed by atoms with van der Waals surface area (Å²) in [5.74, 6) is -0.665. The Kier molecular flexibility index (Phi) is 7.90. The zero-order chi connectivity index (χ0) is 32.9. The minimum atomic E-state index is -1.05. The van der Waals surface area contributed by atoms with E-state index in [0.717, 1.165) is 30.9 Å². The molecule has 7 rings (SSSR count). The molecule has 1 fully saturated rings. The van der Waals surface area contributed by atoms with E-state index in [1.165, 1.54) is 22.3 Å². The van der Waals surface area contributed by atoms with Crippen LogP contribution in [-0.4, -0.2) is 79.0 Å². The molecule has 1 saturated heterocycles. The minimum absolute atomic E-state index is 0.0605. The zero-order valence-corrected chi connectivity index (χ0v) is 27.2. The highest BCUT2D eigenvalue weighted by Gasteiger charge is 2.42. The number of carbonyl (C=O) groups excluding carboxylic acids is 3. The Bertz CT molecular complexity index is 1830. The Labute approximate surface area is 275 Å². The zero-order valence-electron chi connectivity index (χ0n) is 26.4. The van der Waals surface area contributed by atoms with Crippen molar-refractivity contribution >= 4 is 40.2 Å². The second-order valence-corrected chi connectivity index (χ2v) is 13.8. The molecule has 3 aromatic heterocycles. The number of imidazole rings is 1. The Morgan fingerprint density at radius 2 is 1.85 bits per heavy atom. The Morgan fingerprint density at radius 1 is 1.04 bits per heavy atom. The number of benzene rings is 1. The van der Waals surface area contributed by atoms with E-state index in [1.54, 1.807) is 35.1 Å². The normalized spacial score (nSPS) is 16.7. The second kappa shape index (κ2) is 12.1. The summed E-state index contributed by atoms with van der Waals surface area (Å²) in [4.78, 5) is 58.6. The van der Waals surface area contributed by atoms with Gasteiger partial charge in [0.1, 0.15) is 17.2 Å². The van der Waals surface area contributed by atoms with E-state index >= 15 is 4.39 Å². The van der Waals surface area contributed by atoms with E-state index in [4.69, 9.17) is 4.74 Å². The van der Waals surface area contributed by atoms with Gasteiger partial charge in [0, 0.05) is 72.9 Å². The number of aromatic nitrogens is 4. The van der Waals surface area contributed by atoms with Crippen molar-refractivity contribution in [3.05, 3.63) is 76.7 Å². The molecule has 0 radical (unpaired) electrons. The SMILES string of the molecule is CC(C)(C)OC(=O)N1CCN(c2ccc(-c3cc(F)c4c(c3)C(=O)N([C@@H](C(=O)Nc3nccs3)c3ncn5c3CCC5)C4)cn2)CC1. The molecule has 0 aliphatic carbocycles. The summed E-state index contributed by atoms with van der Waals surface area (Å²) in [7, 11) is 0. The van der Waals surface area contributed by atoms with Crippen molar-refractivity contribution in [3.63, 3.8) is 0 Å². The highest BCUT2D eigenvalue weighted by atomic mass is 32.1. The average molecular weight is 659 g/mol. The van der Waals surface area contributed by atoms with Gasteiger partial charge < -0.3 is 24.0 Å². The van der Waals surface area contributed by atoms with E-state index in [9.17, 15) is 14.4 Å². The number of halogens is 1. The van der Waals surface area contributed by atoms with Crippen molar-refractivity contribution in [2.75, 3.05) is 36.4 Å². The molecular formula is C33H35FN8O4S. The van der Waals surface area contributed by atoms with Gasteiger partial charge in [-0.05, 0) is 63.4 Å². The number of thiazole rings is 1. The molecule has 47 heavy (non-hydrogen) atoms. The Balaban J connectivity index is 1.10. The molecule has 0 saturated carbocycles. The van der Waals surface area contributed by atoms with Crippen LogP contribution in [0.4, 0.5) is 20.1 Å². The quantitative estimate of drug-likeness (QED) is 0.311. The first-order valence-corrected chi connectivity index (χ1v) is 16.5. The van der Waals surface area contributed by atoms with E-state index in [1.807, 2.05) is 37.5 Å². The summed E-state index contributed by atoms with van der Waals surface area (Å²) in [6.45, 7) is 8.49. The van der Waals surface area contributed by atoms with Gasteiger partial charge in [0.2, 0.25) is 0 Å². The predicted octanol–water partition coefficient (Wildman–Crippen LogP) is 4.88. The predicted molar refractivity (Wildman–Crippen MR) is 174 cm³/mol. The van der Waals surface area contributed by atoms with Gasteiger partial charge in [0.25, 0.3) is 11.8 Å². The number of nitrogens with one attached hydrogen (secondary N) is 1. The third-order valence-electron chi connectivity index (χ3n) is 8.62. The molecule has 0 bridgehead atoms. The van der Waals surface area contributed by atoms with Gasteiger partial charge in [-0.25, -0.2) is 24.1 Å². The van der Waals surface area contributed by atoms with Crippen LogP contribution in [0.25, 0.3) is 11.1 Å². The maximum absolute atomic E-state index is 15.7. The molecule has 3 aliphatic rings. The first-order chi connectivity index (χ1) is 22.6. The van der Waals surface area contributed by atoms with Crippen LogP contribution in [0.1, 0.15) is 60.5 Å². The van der Waals surface area contributed by atoms with Crippen LogP contribution < -0.4 is 10.2 Å². The number of anilines is 2. The second-order valence-electron chi connectivity index (χ2n) is 12.9. The van der Waals surface area contributed by atoms with Crippen molar-refractivity contribution in [2.45, 2.75) is 58.3 Å². The lowest BCUT2D eigenvalue weighted by atomic mass is 10.0. The largest absolute Gasteiger partial charge is 0.444 e. The third-order valence-corrected chi connectivity index (χ3v) is 9.31. The van der Waals surface area contributed by atoms with Crippen LogP contribution in [0.15, 0.2) is 48.4 Å². The Hall–Kier alpha value is -4.85. The molecular weight excluding hydrogens is 623 g/mol. The highest BCUT2D eigenvalue weighted by Crippen LogP contribution is 2.38. The van der Waals surface area contributed by atoms with Crippen LogP contribution in [0.5, 0.6) is 0 Å². The Morgan fingerprint density at radius 3 is 2.55 bits per heavy atom. The van der Waals surface area contributed by atoms with Gasteiger partial charge in [0.05, 0.1) is 18.6 Å². The van der Waals surface area contributed by atoms with Gasteiger partial charge in [0.15, 0.2) is 11.2 Å². The van der Waals surface area contributed by atoms with E-state index in [2.05, 4.69) is 25.2 Å². The average Bonchev–Trinajstić information content (AvgIpc) is 3.85. The van der Waals surface area contributed by atoms with Crippen LogP contribution >= 0.6 is 11.3 Å². The van der Waals surface area contributed by atoms with Gasteiger partial charge in [-0.2, -0.15) is 0 Å². The number of rotatable bonds is 6. The summed E-state index contributed by atoms with van der Waals surface area (Å²) >= 11 is 1.28. The number of ether oxygens (including phenoxy) is 1. The molecule has 0 unspecified atom stereocenters. The smallest absolute Gasteiger partial charge is 0.410 e. The summed E-state index contributed by atoms with van der Waals surface area (Å²) in [5.41, 5.74) is 2.48. The lowest BCUT2D eigenvalue weighted by molar-refractivity contribution is -0.121. The summed E-state index contributed by atoms with van der Waals surface area (Å²) in [6, 6.07) is 5.73. The lowest BCUT2D eigenvalue weighted by Gasteiger charge is -2.36. The van der Waals surface area contributed by atoms with Gasteiger partial charge in [-0.1, -0.05) is 0 Å². The number of carbonyl (C=O) groups is 3. The molecule has 1 aromatic carbocycles. The number of fused-ring (bicyclic) bond motifs is 2. The first-order valence-electron chi connectivity index (χ1n) is 15.6. The van der Waals surface area contributed by atoms with Crippen LogP contribution in [0.3, 0.4) is 0 Å². The minimum Gasteiger partial charge on any atom is -0.444 e. The van der Waals surface area contributed by atoms with Crippen LogP contribution in [0.2, 0.25) is 0 Å². The van der Waals surface area contributed by atoms with Gasteiger partial charge in [-0.3, -0.25) is 14.9 Å². The van der Waals surface area contributed by atoms with E-state index in [0.29, 0.717) is 48.1 Å². The van der Waals surface area contributed by atoms with Crippen LogP contribution in [-0.2, 0) is 29.0 Å². The maximum atomic E-state index is 15.7. The maximum Gasteiger partial charge on any atom is 0.410 e. The summed E-state index contributed by atoms with van der Waals surface area (Å²) in [6.07, 6.45) is 6.29. The number of pyridine rings is 1. The van der Waals surface area contributed by atoms with Crippen molar-refractivity contribution in [3.8, 4) is 11.1 Å². The number of hydrogen-bond acceptors (Lipinski definition) is 9. The fourth-order valence-corrected chi connectivity index (χ4v) is 6.89. The topological polar surface area (TPSA) is 126 Å². The van der Waals surface area contributed by atoms with Gasteiger partial charge >= 0.3 is 6.09 Å². The highest BCUT2D eigenvalue weighted by molar-refractivity contribution is 7.13. The first kappa shape index (κ1) is 30.8. The number of amides is 3. The van der Waals surface area contributed by atoms with E-state index < -0.39 is 29.3 Å². The molecule has 1 atom stereocenters. The fourth-order valence-electron chi connectivity index (χ4n) is 6.35. The van der Waals surface area contributed by atoms with E-state index in [-0.39, 0.29) is 23.8 Å². The molecule has 3 aliphatic heterocycles. The molecule has 12 nitrogen and oxygen atoms in total. The third kappa shape index (κ3) is 6.04. The molecule has 3 amide bonds. The number of nitrogens with zero attached hydrogens (tertiary/aromatic N) is 7. The summed E-state index contributed by atoms with van der Waals surface area (Å²) < 4.78 is 23.2. The molecule has 14 heteroatoms. The number of aryl methyl sites for hydroxylation is 1.